The molecule has 0 unspecified atom stereocenters. The molecule has 1 aliphatic heterocycles. The SMILES string of the molecule is CN(C)/N=N/c1[nH]cnc1C(N)=O.COc1cc(NS(C)(=O)=O)ccc1Nc1c2ccccc2nc2ccccc12.Nc1ncn([C@@H]2O[C@H](CO)[C@@H](O)[C@H]2O)c(=O)n1. The third kappa shape index (κ3) is 10.3. The average molecular weight is 820 g/mol. The fourth-order valence-corrected chi connectivity index (χ4v) is 6.05. The number of sulfonamides is 1. The number of rotatable bonds is 10. The molecule has 23 heteroatoms. The van der Waals surface area contributed by atoms with Gasteiger partial charge < -0.3 is 46.6 Å². The van der Waals surface area contributed by atoms with E-state index in [-0.39, 0.29) is 17.5 Å². The van der Waals surface area contributed by atoms with Crippen LogP contribution >= 0.6 is 0 Å². The van der Waals surface area contributed by atoms with Gasteiger partial charge in [-0.15, -0.1) is 5.11 Å². The van der Waals surface area contributed by atoms with Gasteiger partial charge >= 0.3 is 5.69 Å². The van der Waals surface area contributed by atoms with Crippen molar-refractivity contribution in [1.29, 1.82) is 0 Å². The summed E-state index contributed by atoms with van der Waals surface area (Å²) in [6.45, 7) is -0.473. The normalized spacial score (nSPS) is 17.6. The minimum absolute atomic E-state index is 0.0885. The van der Waals surface area contributed by atoms with E-state index < -0.39 is 52.8 Å². The highest BCUT2D eigenvalue weighted by Gasteiger charge is 2.43. The van der Waals surface area contributed by atoms with Gasteiger partial charge in [0, 0.05) is 30.9 Å². The number of nitrogens with zero attached hydrogens (tertiary/aromatic N) is 8. The van der Waals surface area contributed by atoms with Crippen molar-refractivity contribution < 1.29 is 38.0 Å². The number of aliphatic hydroxyl groups is 3. The number of hydrogen-bond donors (Lipinski definition) is 8. The number of H-pyrrole nitrogens is 1. The number of primary amides is 1. The van der Waals surface area contributed by atoms with Crippen molar-refractivity contribution in [3.63, 3.8) is 0 Å². The van der Waals surface area contributed by atoms with Crippen LogP contribution in [0.25, 0.3) is 21.8 Å². The summed E-state index contributed by atoms with van der Waals surface area (Å²) in [6.07, 6.45) is -1.23. The highest BCUT2D eigenvalue weighted by Crippen LogP contribution is 2.37. The second-order valence-electron chi connectivity index (χ2n) is 12.6. The Hall–Kier alpha value is -6.79. The average Bonchev–Trinajstić information content (AvgIpc) is 3.78. The molecule has 3 aromatic heterocycles. The molecule has 22 nitrogen and oxygen atoms in total. The predicted octanol–water partition coefficient (Wildman–Crippen LogP) is 1.41. The van der Waals surface area contributed by atoms with Crippen molar-refractivity contribution >= 4 is 66.6 Å². The topological polar surface area (TPSA) is 324 Å². The van der Waals surface area contributed by atoms with Gasteiger partial charge in [-0.05, 0) is 24.3 Å². The van der Waals surface area contributed by atoms with E-state index in [0.717, 1.165) is 50.3 Å². The second-order valence-corrected chi connectivity index (χ2v) is 14.3. The molecule has 6 aromatic rings. The van der Waals surface area contributed by atoms with Crippen LogP contribution in [-0.2, 0) is 14.8 Å². The van der Waals surface area contributed by atoms with Gasteiger partial charge in [0.25, 0.3) is 5.91 Å². The number of fused-ring (bicyclic) bond motifs is 2. The summed E-state index contributed by atoms with van der Waals surface area (Å²) in [5, 5.41) is 42.4. The van der Waals surface area contributed by atoms with Crippen LogP contribution in [0.1, 0.15) is 16.7 Å². The van der Waals surface area contributed by atoms with E-state index in [4.69, 9.17) is 31.0 Å². The molecule has 306 valence electrons. The van der Waals surface area contributed by atoms with E-state index in [9.17, 15) is 28.2 Å². The van der Waals surface area contributed by atoms with Crippen LogP contribution in [0.4, 0.5) is 28.8 Å². The van der Waals surface area contributed by atoms with Crippen molar-refractivity contribution in [1.82, 2.24) is 34.5 Å². The molecule has 0 bridgehead atoms. The van der Waals surface area contributed by atoms with Crippen LogP contribution in [0.15, 0.2) is 94.5 Å². The molecule has 0 aliphatic carbocycles. The Labute approximate surface area is 330 Å². The molecule has 0 saturated carbocycles. The molecule has 0 radical (unpaired) electrons. The Kier molecular flexibility index (Phi) is 13.5. The summed E-state index contributed by atoms with van der Waals surface area (Å²) in [7, 11) is 1.61. The van der Waals surface area contributed by atoms with Gasteiger partial charge in [-0.2, -0.15) is 4.98 Å². The lowest BCUT2D eigenvalue weighted by atomic mass is 10.1. The van der Waals surface area contributed by atoms with Gasteiger partial charge in [0.2, 0.25) is 16.0 Å². The number of ether oxygens (including phenoxy) is 2. The molecule has 0 spiro atoms. The van der Waals surface area contributed by atoms with E-state index in [1.165, 1.54) is 11.3 Å². The van der Waals surface area contributed by atoms with Gasteiger partial charge in [0.05, 0.1) is 54.4 Å². The van der Waals surface area contributed by atoms with Crippen LogP contribution in [0.5, 0.6) is 5.75 Å². The monoisotopic (exact) mass is 819 g/mol. The number of hydrogen-bond acceptors (Lipinski definition) is 17. The molecule has 4 atom stereocenters. The van der Waals surface area contributed by atoms with Crippen LogP contribution in [0.2, 0.25) is 0 Å². The smallest absolute Gasteiger partial charge is 0.354 e. The maximum absolute atomic E-state index is 11.5. The molecule has 1 amide bonds. The van der Waals surface area contributed by atoms with E-state index >= 15 is 0 Å². The number of aliphatic hydroxyl groups excluding tert-OH is 3. The first-order valence-electron chi connectivity index (χ1n) is 17.1. The zero-order chi connectivity index (χ0) is 42.1. The van der Waals surface area contributed by atoms with Crippen LogP contribution in [0.3, 0.4) is 0 Å². The van der Waals surface area contributed by atoms with Gasteiger partial charge in [-0.25, -0.2) is 28.2 Å². The number of pyridine rings is 1. The molecule has 4 heterocycles. The maximum Gasteiger partial charge on any atom is 0.354 e. The Bertz CT molecular complexity index is 2530. The number of aromatic amines is 1. The summed E-state index contributed by atoms with van der Waals surface area (Å²) in [6, 6.07) is 21.0. The first-order chi connectivity index (χ1) is 27.6. The quantitative estimate of drug-likeness (QED) is 0.0550. The summed E-state index contributed by atoms with van der Waals surface area (Å²) in [5.74, 6) is -0.0354. The Balaban J connectivity index is 0.000000182. The fourth-order valence-electron chi connectivity index (χ4n) is 5.50. The number of methoxy groups -OCH3 is 1. The molecule has 1 aliphatic rings. The number of imidazole rings is 1. The number of nitrogens with two attached hydrogens (primary N) is 2. The zero-order valence-corrected chi connectivity index (χ0v) is 32.3. The van der Waals surface area contributed by atoms with Crippen LogP contribution in [0, 0.1) is 0 Å². The lowest BCUT2D eigenvalue weighted by Gasteiger charge is -2.16. The summed E-state index contributed by atoms with van der Waals surface area (Å²) >= 11 is 0. The lowest BCUT2D eigenvalue weighted by Crippen LogP contribution is -2.36. The lowest BCUT2D eigenvalue weighted by molar-refractivity contribution is -0.0554. The zero-order valence-electron chi connectivity index (χ0n) is 31.5. The van der Waals surface area contributed by atoms with Crippen molar-refractivity contribution in [3.8, 4) is 5.75 Å². The summed E-state index contributed by atoms with van der Waals surface area (Å²) in [5.41, 5.74) is 13.4. The van der Waals surface area contributed by atoms with Crippen molar-refractivity contribution in [2.24, 2.45) is 16.1 Å². The number of nitrogen functional groups attached to an aromatic ring is 1. The standard InChI is InChI=1S/C21H19N3O3S.C8H12N4O5.C6H10N6O/c1-27-20-13-14(24-28(2,25)26)11-12-19(20)23-21-15-7-3-5-9-17(15)22-18-10-6-4-8-16(18)21;9-7-10-2-12(8(16)11-7)6-5(15)4(14)3(1-13)17-6;1-12(2)11-10-6-4(5(7)13)8-3-9-6/h3-13,24H,1-2H3,(H,22,23);2-6,13-15H,1H2,(H2,9,11,16);3H,1-2H3,(H2,7,13)(H,8,9)/b;;11-10+/t;3-,4-,5-,6-;/m.1./s1. The van der Waals surface area contributed by atoms with Crippen molar-refractivity contribution in [2.45, 2.75) is 24.5 Å². The minimum atomic E-state index is -3.37. The number of para-hydroxylation sites is 2. The highest BCUT2D eigenvalue weighted by molar-refractivity contribution is 7.92. The number of aromatic nitrogens is 6. The predicted molar refractivity (Wildman–Crippen MR) is 213 cm³/mol. The molecule has 1 saturated heterocycles. The van der Waals surface area contributed by atoms with Gasteiger partial charge in [0.15, 0.2) is 17.7 Å². The Morgan fingerprint density at radius 3 is 2.24 bits per heavy atom. The van der Waals surface area contributed by atoms with Gasteiger partial charge in [-0.3, -0.25) is 19.1 Å². The first-order valence-corrected chi connectivity index (χ1v) is 18.9. The Morgan fingerprint density at radius 2 is 1.69 bits per heavy atom. The van der Waals surface area contributed by atoms with E-state index in [1.807, 2.05) is 48.5 Å². The third-order valence-corrected chi connectivity index (χ3v) is 8.67. The van der Waals surface area contributed by atoms with Crippen LogP contribution < -0.4 is 31.9 Å². The summed E-state index contributed by atoms with van der Waals surface area (Å²) in [4.78, 5) is 40.2. The number of benzene rings is 3. The largest absolute Gasteiger partial charge is 0.494 e. The second kappa shape index (κ2) is 18.4. The highest BCUT2D eigenvalue weighted by atomic mass is 32.2. The maximum atomic E-state index is 11.5. The molecular formula is C35H41N13O9S. The first kappa shape index (κ1) is 42.4. The van der Waals surface area contributed by atoms with Crippen molar-refractivity contribution in [2.75, 3.05) is 49.8 Å². The molecule has 7 rings (SSSR count). The molecule has 58 heavy (non-hydrogen) atoms. The van der Waals surface area contributed by atoms with Crippen molar-refractivity contribution in [3.05, 3.63) is 95.6 Å². The minimum Gasteiger partial charge on any atom is -0.494 e. The van der Waals surface area contributed by atoms with Gasteiger partial charge in [0.1, 0.15) is 30.4 Å². The van der Waals surface area contributed by atoms with E-state index in [2.05, 4.69) is 40.3 Å². The fraction of sp³-hybridized carbons (Fsp3) is 0.257. The Morgan fingerprint density at radius 1 is 1.03 bits per heavy atom. The molecule has 10 N–H and O–H groups in total. The number of carbonyl (C=O) groups excluding carboxylic acids is 1. The van der Waals surface area contributed by atoms with Crippen LogP contribution in [-0.4, -0.2) is 117 Å². The molecular weight excluding hydrogens is 779 g/mol. The third-order valence-electron chi connectivity index (χ3n) is 8.07. The number of nitrogens with one attached hydrogen (secondary N) is 3. The molecule has 1 fully saturated rings. The van der Waals surface area contributed by atoms with E-state index in [1.54, 1.807) is 39.4 Å². The number of anilines is 4. The summed E-state index contributed by atoms with van der Waals surface area (Å²) < 4.78 is 37.0. The number of amides is 1. The van der Waals surface area contributed by atoms with E-state index in [0.29, 0.717) is 11.4 Å². The molecule has 3 aromatic carbocycles. The van der Waals surface area contributed by atoms with Gasteiger partial charge in [-0.1, -0.05) is 41.6 Å². The number of carbonyl (C=O) groups is 1.